The molecule has 2 aromatic carbocycles. The lowest BCUT2D eigenvalue weighted by Crippen LogP contribution is -2.50. The molecule has 6 aliphatic carbocycles. The summed E-state index contributed by atoms with van der Waals surface area (Å²) in [5.74, 6) is 6.80. The van der Waals surface area contributed by atoms with E-state index in [2.05, 4.69) is 25.3 Å². The second-order valence-corrected chi connectivity index (χ2v) is 17.0. The molecule has 272 valence electrons. The quantitative estimate of drug-likeness (QED) is 0.135. The molecule has 8 rings (SSSR count). The largest absolute Gasteiger partial charge is 0.426 e. The highest BCUT2D eigenvalue weighted by molar-refractivity contribution is 5.84. The topological polar surface area (TPSA) is 113 Å². The van der Waals surface area contributed by atoms with Gasteiger partial charge in [0, 0.05) is 10.8 Å². The number of ether oxygens (including phenoxy) is 2. The number of benzene rings is 2. The zero-order valence-electron chi connectivity index (χ0n) is 30.1. The van der Waals surface area contributed by atoms with Crippen molar-refractivity contribution in [2.75, 3.05) is 0 Å². The summed E-state index contributed by atoms with van der Waals surface area (Å²) in [5, 5.41) is 33.2. The third-order valence-corrected chi connectivity index (χ3v) is 15.2. The highest BCUT2D eigenvalue weighted by Gasteiger charge is 2.63. The fourth-order valence-corrected chi connectivity index (χ4v) is 12.5. The number of esters is 2. The Labute approximate surface area is 307 Å². The van der Waals surface area contributed by atoms with E-state index in [9.17, 15) is 24.9 Å². The van der Waals surface area contributed by atoms with Crippen LogP contribution in [0, 0.1) is 59.2 Å². The molecule has 0 radical (unpaired) electrons. The Hall–Kier alpha value is -3.88. The van der Waals surface area contributed by atoms with Crippen LogP contribution in [0.25, 0.3) is 0 Å². The number of aliphatic hydroxyl groups is 3. The number of hydrogen-bond acceptors (Lipinski definition) is 7. The van der Waals surface area contributed by atoms with Crippen molar-refractivity contribution >= 4 is 11.9 Å². The maximum atomic E-state index is 12.9. The molecule has 4 saturated carbocycles. The standard InChI is InChI=1S/C45H50O7/c1-5-43-21-17-34-32-14-10-29(24-27(32)9-13-36(34)38(43)19-23-45(43,50)7-3)51-40(47)26-39(46)41(48)52-30-11-15-31-28(25-30)8-12-35-33(31)16-20-42(4)37(35)18-22-44(42,49)6-2/h2-3,5,10-11,14-15,24-25,33-39,46,49-50H,1,8-9,12-13,16-23,26H2,4H3/t33?,34?,35?,36?,37?,38?,39?,42-,43-,44-,45-/m0/s1. The maximum absolute atomic E-state index is 12.9. The van der Waals surface area contributed by atoms with Gasteiger partial charge in [-0.3, -0.25) is 4.79 Å². The van der Waals surface area contributed by atoms with E-state index >= 15 is 0 Å². The van der Waals surface area contributed by atoms with Crippen LogP contribution in [0.1, 0.15) is 112 Å². The molecular formula is C45H50O7. The van der Waals surface area contributed by atoms with Gasteiger partial charge in [-0.2, -0.15) is 0 Å². The lowest BCUT2D eigenvalue weighted by molar-refractivity contribution is -0.149. The van der Waals surface area contributed by atoms with Gasteiger partial charge in [-0.1, -0.05) is 37.0 Å². The van der Waals surface area contributed by atoms with Crippen LogP contribution in [-0.2, 0) is 22.4 Å². The minimum atomic E-state index is -1.67. The van der Waals surface area contributed by atoms with E-state index in [4.69, 9.17) is 22.3 Å². The fraction of sp³-hybridized carbons (Fsp3) is 0.556. The van der Waals surface area contributed by atoms with E-state index in [0.717, 1.165) is 75.3 Å². The van der Waals surface area contributed by atoms with Gasteiger partial charge in [-0.25, -0.2) is 4.79 Å². The summed E-state index contributed by atoms with van der Waals surface area (Å²) in [4.78, 5) is 25.8. The molecule has 0 amide bonds. The minimum absolute atomic E-state index is 0.264. The first-order chi connectivity index (χ1) is 24.9. The van der Waals surface area contributed by atoms with Gasteiger partial charge < -0.3 is 24.8 Å². The first-order valence-corrected chi connectivity index (χ1v) is 19.3. The molecule has 52 heavy (non-hydrogen) atoms. The summed E-state index contributed by atoms with van der Waals surface area (Å²) in [6, 6.07) is 11.4. The van der Waals surface area contributed by atoms with Gasteiger partial charge in [-0.15, -0.1) is 19.4 Å². The predicted octanol–water partition coefficient (Wildman–Crippen LogP) is 6.56. The smallest absolute Gasteiger partial charge is 0.340 e. The zero-order chi connectivity index (χ0) is 36.6. The molecule has 3 N–H and O–H groups in total. The lowest BCUT2D eigenvalue weighted by Gasteiger charge is -2.52. The average molecular weight is 703 g/mol. The molecule has 7 unspecified atom stereocenters. The van der Waals surface area contributed by atoms with Crippen molar-refractivity contribution in [3.05, 3.63) is 71.3 Å². The number of hydrogen-bond donors (Lipinski definition) is 3. The number of terminal acetylenes is 2. The molecule has 7 nitrogen and oxygen atoms in total. The molecule has 2 aromatic rings. The predicted molar refractivity (Wildman–Crippen MR) is 196 cm³/mol. The second-order valence-electron chi connectivity index (χ2n) is 17.0. The SMILES string of the molecule is C#C[C@]1(O)CCC2C3CCc4cc(OC(=O)C(O)CC(=O)Oc5ccc6c(c5)CCC5C6CC[C@@]6(C=C)C5CC[C@@]6(O)C#C)ccc4C3CC[C@@]21C. The number of rotatable bonds is 6. The summed E-state index contributed by atoms with van der Waals surface area (Å²) in [7, 11) is 0. The Kier molecular flexibility index (Phi) is 8.53. The summed E-state index contributed by atoms with van der Waals surface area (Å²) < 4.78 is 11.2. The van der Waals surface area contributed by atoms with Gasteiger partial charge in [0.25, 0.3) is 0 Å². The van der Waals surface area contributed by atoms with Crippen LogP contribution in [0.4, 0.5) is 0 Å². The normalized spacial score (nSPS) is 38.7. The van der Waals surface area contributed by atoms with E-state index in [1.807, 2.05) is 30.3 Å². The van der Waals surface area contributed by atoms with E-state index in [1.165, 1.54) is 11.1 Å². The molecule has 0 spiro atoms. The molecule has 0 aliphatic heterocycles. The summed E-state index contributed by atoms with van der Waals surface area (Å²) in [6.07, 6.45) is 21.6. The van der Waals surface area contributed by atoms with E-state index in [-0.39, 0.29) is 11.3 Å². The minimum Gasteiger partial charge on any atom is -0.426 e. The van der Waals surface area contributed by atoms with Crippen molar-refractivity contribution in [3.63, 3.8) is 0 Å². The van der Waals surface area contributed by atoms with Crippen molar-refractivity contribution in [1.29, 1.82) is 0 Å². The Balaban J connectivity index is 0.873. The summed E-state index contributed by atoms with van der Waals surface area (Å²) in [6.45, 7) is 6.29. The molecule has 0 saturated heterocycles. The molecule has 4 fully saturated rings. The number of fused-ring (bicyclic) bond motifs is 10. The molecule has 0 bridgehead atoms. The van der Waals surface area contributed by atoms with Crippen molar-refractivity contribution in [1.82, 2.24) is 0 Å². The van der Waals surface area contributed by atoms with Crippen molar-refractivity contribution in [3.8, 4) is 36.2 Å². The zero-order valence-corrected chi connectivity index (χ0v) is 30.1. The lowest BCUT2D eigenvalue weighted by atomic mass is 9.52. The van der Waals surface area contributed by atoms with Gasteiger partial charge in [0.1, 0.15) is 22.7 Å². The second kappa shape index (κ2) is 12.6. The van der Waals surface area contributed by atoms with E-state index in [0.29, 0.717) is 53.9 Å². The molecule has 0 aromatic heterocycles. The number of carbonyl (C=O) groups is 2. The molecule has 6 aliphatic rings. The van der Waals surface area contributed by atoms with Gasteiger partial charge in [-0.05, 0) is 159 Å². The van der Waals surface area contributed by atoms with Crippen LogP contribution in [0.3, 0.4) is 0 Å². The number of carbonyl (C=O) groups excluding carboxylic acids is 2. The van der Waals surface area contributed by atoms with Crippen LogP contribution in [0.15, 0.2) is 49.1 Å². The first kappa shape index (κ1) is 35.2. The molecule has 0 heterocycles. The fourth-order valence-electron chi connectivity index (χ4n) is 12.5. The van der Waals surface area contributed by atoms with Crippen molar-refractivity contribution in [2.24, 2.45) is 34.5 Å². The van der Waals surface area contributed by atoms with E-state index < -0.39 is 41.1 Å². The molecule has 7 heteroatoms. The number of aliphatic hydroxyl groups excluding tert-OH is 1. The third kappa shape index (κ3) is 5.14. The van der Waals surface area contributed by atoms with Crippen LogP contribution < -0.4 is 9.47 Å². The monoisotopic (exact) mass is 702 g/mol. The highest BCUT2D eigenvalue weighted by Crippen LogP contribution is 2.66. The molecular weight excluding hydrogens is 652 g/mol. The summed E-state index contributed by atoms with van der Waals surface area (Å²) >= 11 is 0. The maximum Gasteiger partial charge on any atom is 0.340 e. The van der Waals surface area contributed by atoms with Gasteiger partial charge >= 0.3 is 11.9 Å². The first-order valence-electron chi connectivity index (χ1n) is 19.3. The van der Waals surface area contributed by atoms with Gasteiger partial charge in [0.15, 0.2) is 6.10 Å². The Morgan fingerprint density at radius 1 is 0.827 bits per heavy atom. The van der Waals surface area contributed by atoms with Crippen LogP contribution in [-0.4, -0.2) is 44.6 Å². The Morgan fingerprint density at radius 2 is 1.38 bits per heavy atom. The average Bonchev–Trinajstić information content (AvgIpc) is 3.61. The van der Waals surface area contributed by atoms with Crippen LogP contribution in [0.2, 0.25) is 0 Å². The van der Waals surface area contributed by atoms with Crippen LogP contribution >= 0.6 is 0 Å². The van der Waals surface area contributed by atoms with Crippen molar-refractivity contribution in [2.45, 2.75) is 120 Å². The van der Waals surface area contributed by atoms with Gasteiger partial charge in [0.05, 0.1) is 6.42 Å². The summed E-state index contributed by atoms with van der Waals surface area (Å²) in [5.41, 5.74) is 1.90. The van der Waals surface area contributed by atoms with Crippen LogP contribution in [0.5, 0.6) is 11.5 Å². The highest BCUT2D eigenvalue weighted by atomic mass is 16.6. The van der Waals surface area contributed by atoms with E-state index in [1.54, 1.807) is 12.1 Å². The Bertz CT molecular complexity index is 1900. The van der Waals surface area contributed by atoms with Crippen molar-refractivity contribution < 1.29 is 34.4 Å². The van der Waals surface area contributed by atoms with Gasteiger partial charge in [0.2, 0.25) is 0 Å². The number of aryl methyl sites for hydroxylation is 2. The Morgan fingerprint density at radius 3 is 2.00 bits per heavy atom. The third-order valence-electron chi connectivity index (χ3n) is 15.2. The molecule has 11 atom stereocenters.